The number of hydrogen-bond acceptors (Lipinski definition) is 7. The van der Waals surface area contributed by atoms with E-state index in [9.17, 15) is 22.8 Å². The zero-order valence-corrected chi connectivity index (χ0v) is 17.1. The molecular formula is C19H21N3O7S. The van der Waals surface area contributed by atoms with Crippen LogP contribution in [-0.4, -0.2) is 75.0 Å². The summed E-state index contributed by atoms with van der Waals surface area (Å²) < 4.78 is 35.3. The highest BCUT2D eigenvalue weighted by Gasteiger charge is 2.27. The Hall–Kier alpha value is -3.34. The van der Waals surface area contributed by atoms with Gasteiger partial charge in [-0.1, -0.05) is 12.1 Å². The fourth-order valence-electron chi connectivity index (χ4n) is 2.96. The van der Waals surface area contributed by atoms with Gasteiger partial charge in [-0.25, -0.2) is 13.2 Å². The summed E-state index contributed by atoms with van der Waals surface area (Å²) in [4.78, 5) is 40.0. The minimum absolute atomic E-state index is 0.00425. The zero-order valence-electron chi connectivity index (χ0n) is 16.2. The van der Waals surface area contributed by atoms with Crippen LogP contribution >= 0.6 is 0 Å². The minimum Gasteiger partial charge on any atom is -0.459 e. The van der Waals surface area contributed by atoms with Crippen LogP contribution in [0.2, 0.25) is 0 Å². The normalized spacial score (nSPS) is 14.3. The number of sulfonamides is 1. The first kappa shape index (κ1) is 21.4. The molecule has 2 amide bonds. The van der Waals surface area contributed by atoms with Crippen LogP contribution in [0.3, 0.4) is 0 Å². The van der Waals surface area contributed by atoms with Gasteiger partial charge in [0.1, 0.15) is 0 Å². The molecule has 1 fully saturated rings. The van der Waals surface area contributed by atoms with Crippen molar-refractivity contribution in [2.75, 3.05) is 43.8 Å². The van der Waals surface area contributed by atoms with E-state index in [4.69, 9.17) is 9.15 Å². The number of para-hydroxylation sites is 1. The first-order chi connectivity index (χ1) is 14.2. The Morgan fingerprint density at radius 3 is 2.33 bits per heavy atom. The number of furan rings is 1. The molecule has 0 radical (unpaired) electrons. The van der Waals surface area contributed by atoms with Crippen molar-refractivity contribution in [3.63, 3.8) is 0 Å². The Labute approximate surface area is 173 Å². The number of carbonyl (C=O) groups excluding carboxylic acids is 3. The summed E-state index contributed by atoms with van der Waals surface area (Å²) in [6, 6.07) is 9.16. The second kappa shape index (κ2) is 8.99. The molecule has 11 heteroatoms. The van der Waals surface area contributed by atoms with Gasteiger partial charge in [0, 0.05) is 26.2 Å². The Morgan fingerprint density at radius 1 is 1.03 bits per heavy atom. The number of ether oxygens (including phenoxy) is 1. The Balaban J connectivity index is 1.52. The highest BCUT2D eigenvalue weighted by molar-refractivity contribution is 7.92. The van der Waals surface area contributed by atoms with Crippen LogP contribution in [-0.2, 0) is 19.6 Å². The van der Waals surface area contributed by atoms with Crippen molar-refractivity contribution in [2.24, 2.45) is 0 Å². The average Bonchev–Trinajstić information content (AvgIpc) is 3.25. The topological polar surface area (TPSA) is 126 Å². The van der Waals surface area contributed by atoms with Crippen molar-refractivity contribution in [1.82, 2.24) is 9.80 Å². The smallest absolute Gasteiger partial charge is 0.340 e. The van der Waals surface area contributed by atoms with Crippen LogP contribution in [0.1, 0.15) is 20.9 Å². The van der Waals surface area contributed by atoms with Crippen molar-refractivity contribution in [3.8, 4) is 0 Å². The standard InChI is InChI=1S/C19H21N3O7S/c1-30(26,27)20-15-6-3-2-5-14(15)19(25)29-13-17(23)21-8-10-22(11-9-21)18(24)16-7-4-12-28-16/h2-7,12,20H,8-11,13H2,1H3. The molecule has 160 valence electrons. The molecule has 0 aliphatic carbocycles. The number of benzene rings is 1. The molecule has 2 heterocycles. The first-order valence-electron chi connectivity index (χ1n) is 9.09. The maximum Gasteiger partial charge on any atom is 0.340 e. The molecule has 0 saturated carbocycles. The average molecular weight is 435 g/mol. The molecule has 1 saturated heterocycles. The number of nitrogens with zero attached hydrogens (tertiary/aromatic N) is 2. The van der Waals surface area contributed by atoms with E-state index >= 15 is 0 Å². The summed E-state index contributed by atoms with van der Waals surface area (Å²) in [7, 11) is -3.58. The Bertz CT molecular complexity index is 1030. The maximum atomic E-state index is 12.4. The van der Waals surface area contributed by atoms with E-state index in [1.165, 1.54) is 23.3 Å². The second-order valence-corrected chi connectivity index (χ2v) is 8.39. The third-order valence-electron chi connectivity index (χ3n) is 4.42. The molecule has 1 aromatic heterocycles. The fraction of sp³-hybridized carbons (Fsp3) is 0.316. The van der Waals surface area contributed by atoms with Gasteiger partial charge in [-0.2, -0.15) is 0 Å². The van der Waals surface area contributed by atoms with Gasteiger partial charge in [0.25, 0.3) is 11.8 Å². The van der Waals surface area contributed by atoms with E-state index in [2.05, 4.69) is 4.72 Å². The molecular weight excluding hydrogens is 414 g/mol. The summed E-state index contributed by atoms with van der Waals surface area (Å²) in [6.07, 6.45) is 2.39. The van der Waals surface area contributed by atoms with Crippen molar-refractivity contribution in [3.05, 3.63) is 54.0 Å². The quantitative estimate of drug-likeness (QED) is 0.665. The molecule has 1 aromatic carbocycles. The number of rotatable bonds is 6. The summed E-state index contributed by atoms with van der Waals surface area (Å²) in [6.45, 7) is 0.781. The van der Waals surface area contributed by atoms with Crippen LogP contribution in [0.4, 0.5) is 5.69 Å². The third-order valence-corrected chi connectivity index (χ3v) is 5.01. The van der Waals surface area contributed by atoms with Crippen molar-refractivity contribution < 1.29 is 32.0 Å². The van der Waals surface area contributed by atoms with Gasteiger partial charge >= 0.3 is 5.97 Å². The number of nitrogens with one attached hydrogen (secondary N) is 1. The number of esters is 1. The molecule has 0 atom stereocenters. The lowest BCUT2D eigenvalue weighted by Gasteiger charge is -2.34. The lowest BCUT2D eigenvalue weighted by molar-refractivity contribution is -0.136. The summed E-state index contributed by atoms with van der Waals surface area (Å²) >= 11 is 0. The summed E-state index contributed by atoms with van der Waals surface area (Å²) in [5.74, 6) is -1.22. The molecule has 0 spiro atoms. The fourth-order valence-corrected chi connectivity index (χ4v) is 3.54. The summed E-state index contributed by atoms with van der Waals surface area (Å²) in [5, 5.41) is 0. The van der Waals surface area contributed by atoms with Gasteiger partial charge in [-0.05, 0) is 24.3 Å². The first-order valence-corrected chi connectivity index (χ1v) is 11.0. The number of piperazine rings is 1. The van der Waals surface area contributed by atoms with Crippen molar-refractivity contribution in [2.45, 2.75) is 0 Å². The molecule has 1 aliphatic rings. The second-order valence-electron chi connectivity index (χ2n) is 6.65. The molecule has 10 nitrogen and oxygen atoms in total. The van der Waals surface area contributed by atoms with E-state index in [0.29, 0.717) is 26.2 Å². The SMILES string of the molecule is CS(=O)(=O)Nc1ccccc1C(=O)OCC(=O)N1CCN(C(=O)c2ccco2)CC1. The molecule has 2 aromatic rings. The summed E-state index contributed by atoms with van der Waals surface area (Å²) in [5.41, 5.74) is 0.0760. The predicted molar refractivity (Wildman–Crippen MR) is 106 cm³/mol. The van der Waals surface area contributed by atoms with Gasteiger partial charge in [0.2, 0.25) is 10.0 Å². The van der Waals surface area contributed by atoms with E-state index in [-0.39, 0.29) is 22.9 Å². The highest BCUT2D eigenvalue weighted by Crippen LogP contribution is 2.17. The van der Waals surface area contributed by atoms with Gasteiger partial charge in [-0.3, -0.25) is 14.3 Å². The minimum atomic E-state index is -3.58. The van der Waals surface area contributed by atoms with Gasteiger partial charge in [0.05, 0.1) is 23.8 Å². The largest absolute Gasteiger partial charge is 0.459 e. The third kappa shape index (κ3) is 5.38. The number of anilines is 1. The maximum absolute atomic E-state index is 12.4. The van der Waals surface area contributed by atoms with Crippen LogP contribution in [0.15, 0.2) is 47.1 Å². The van der Waals surface area contributed by atoms with E-state index in [1.807, 2.05) is 0 Å². The van der Waals surface area contributed by atoms with E-state index in [1.54, 1.807) is 29.2 Å². The van der Waals surface area contributed by atoms with Crippen LogP contribution < -0.4 is 4.72 Å². The molecule has 1 aliphatic heterocycles. The monoisotopic (exact) mass is 435 g/mol. The van der Waals surface area contributed by atoms with Crippen molar-refractivity contribution in [1.29, 1.82) is 0 Å². The predicted octanol–water partition coefficient (Wildman–Crippen LogP) is 0.792. The van der Waals surface area contributed by atoms with E-state index in [0.717, 1.165) is 6.26 Å². The van der Waals surface area contributed by atoms with Crippen molar-refractivity contribution >= 4 is 33.5 Å². The number of hydrogen-bond donors (Lipinski definition) is 1. The lowest BCUT2D eigenvalue weighted by atomic mass is 10.2. The number of carbonyl (C=O) groups is 3. The molecule has 0 bridgehead atoms. The van der Waals surface area contributed by atoms with E-state index < -0.39 is 28.5 Å². The lowest BCUT2D eigenvalue weighted by Crippen LogP contribution is -2.51. The number of amides is 2. The van der Waals surface area contributed by atoms with Gasteiger partial charge in [0.15, 0.2) is 12.4 Å². The molecule has 30 heavy (non-hydrogen) atoms. The molecule has 1 N–H and O–H groups in total. The van der Waals surface area contributed by atoms with Gasteiger partial charge < -0.3 is 19.0 Å². The zero-order chi connectivity index (χ0) is 21.7. The molecule has 3 rings (SSSR count). The molecule has 0 unspecified atom stereocenters. The highest BCUT2D eigenvalue weighted by atomic mass is 32.2. The Morgan fingerprint density at radius 2 is 1.70 bits per heavy atom. The Kier molecular flexibility index (Phi) is 6.40. The van der Waals surface area contributed by atoms with Gasteiger partial charge in [-0.15, -0.1) is 0 Å². The van der Waals surface area contributed by atoms with Crippen LogP contribution in [0.25, 0.3) is 0 Å². The van der Waals surface area contributed by atoms with Crippen LogP contribution in [0, 0.1) is 0 Å². The van der Waals surface area contributed by atoms with Crippen LogP contribution in [0.5, 0.6) is 0 Å².